The highest BCUT2D eigenvalue weighted by Gasteiger charge is 2.47. The van der Waals surface area contributed by atoms with E-state index in [4.69, 9.17) is 11.6 Å². The minimum Gasteiger partial charge on any atom is -0.506 e. The van der Waals surface area contributed by atoms with E-state index in [1.165, 1.54) is 17.0 Å². The zero-order valence-corrected chi connectivity index (χ0v) is 15.1. The molecule has 1 fully saturated rings. The summed E-state index contributed by atoms with van der Waals surface area (Å²) in [4.78, 5) is 1.28. The number of benzene rings is 1. The first kappa shape index (κ1) is 22.1. The van der Waals surface area contributed by atoms with Crippen LogP contribution in [-0.4, -0.2) is 42.4 Å². The molecule has 128 valence electrons. The third-order valence-electron chi connectivity index (χ3n) is 3.21. The Morgan fingerprint density at radius 2 is 1.77 bits per heavy atom. The molecule has 1 saturated heterocycles. The maximum atomic E-state index is 13.4. The fourth-order valence-corrected chi connectivity index (χ4v) is 2.91. The van der Waals surface area contributed by atoms with Crippen LogP contribution >= 0.6 is 52.3 Å². The zero-order chi connectivity index (χ0) is 14.9. The van der Waals surface area contributed by atoms with Gasteiger partial charge in [0.15, 0.2) is 0 Å². The van der Waals surface area contributed by atoms with E-state index in [9.17, 15) is 18.3 Å². The van der Waals surface area contributed by atoms with Crippen molar-refractivity contribution >= 4 is 52.3 Å². The van der Waals surface area contributed by atoms with Crippen LogP contribution in [0.4, 0.5) is 13.2 Å². The van der Waals surface area contributed by atoms with Crippen LogP contribution in [0.25, 0.3) is 0 Å². The Labute approximate surface area is 152 Å². The van der Waals surface area contributed by atoms with Crippen LogP contribution in [0.2, 0.25) is 5.02 Å². The lowest BCUT2D eigenvalue weighted by molar-refractivity contribution is -0.188. The second kappa shape index (κ2) is 8.80. The molecule has 1 heterocycles. The average molecular weight is 447 g/mol. The fraction of sp³-hybridized carbons (Fsp3) is 0.500. The lowest BCUT2D eigenvalue weighted by Crippen LogP contribution is -2.49. The number of alkyl halides is 3. The number of rotatable bonds is 2. The number of nitrogens with one attached hydrogen (secondary N) is 1. The van der Waals surface area contributed by atoms with E-state index in [0.717, 1.165) is 0 Å². The van der Waals surface area contributed by atoms with Crippen molar-refractivity contribution < 1.29 is 18.3 Å². The molecule has 1 aromatic rings. The summed E-state index contributed by atoms with van der Waals surface area (Å²) < 4.78 is 40.5. The molecule has 0 spiro atoms. The number of hydrogen-bond donors (Lipinski definition) is 2. The van der Waals surface area contributed by atoms with Gasteiger partial charge < -0.3 is 10.4 Å². The molecule has 0 unspecified atom stereocenters. The van der Waals surface area contributed by atoms with E-state index in [2.05, 4.69) is 21.2 Å². The molecule has 0 saturated carbocycles. The van der Waals surface area contributed by atoms with Crippen molar-refractivity contribution in [2.24, 2.45) is 0 Å². The van der Waals surface area contributed by atoms with Gasteiger partial charge in [-0.15, -0.1) is 24.8 Å². The van der Waals surface area contributed by atoms with Gasteiger partial charge in [0.25, 0.3) is 0 Å². The topological polar surface area (TPSA) is 35.5 Å². The molecule has 0 aliphatic carbocycles. The average Bonchev–Trinajstić information content (AvgIpc) is 2.39. The molecule has 1 atom stereocenters. The van der Waals surface area contributed by atoms with Crippen molar-refractivity contribution in [1.82, 2.24) is 10.2 Å². The van der Waals surface area contributed by atoms with Gasteiger partial charge in [-0.1, -0.05) is 11.6 Å². The molecule has 1 aliphatic rings. The van der Waals surface area contributed by atoms with Crippen molar-refractivity contribution in [3.05, 3.63) is 27.2 Å². The second-order valence-electron chi connectivity index (χ2n) is 4.52. The molecular weight excluding hydrogens is 431 g/mol. The van der Waals surface area contributed by atoms with Crippen molar-refractivity contribution in [2.45, 2.75) is 12.2 Å². The molecule has 3 nitrogen and oxygen atoms in total. The van der Waals surface area contributed by atoms with Gasteiger partial charge in [-0.3, -0.25) is 4.90 Å². The second-order valence-corrected chi connectivity index (χ2v) is 5.78. The predicted molar refractivity (Wildman–Crippen MR) is 88.6 cm³/mol. The predicted octanol–water partition coefficient (Wildman–Crippen LogP) is 4.16. The number of nitrogens with zero attached hydrogens (tertiary/aromatic N) is 1. The van der Waals surface area contributed by atoms with E-state index in [-0.39, 0.29) is 53.0 Å². The van der Waals surface area contributed by atoms with Crippen LogP contribution in [0.15, 0.2) is 16.6 Å². The van der Waals surface area contributed by atoms with E-state index in [1.807, 2.05) is 0 Å². The summed E-state index contributed by atoms with van der Waals surface area (Å²) in [6.07, 6.45) is -4.51. The first-order valence-corrected chi connectivity index (χ1v) is 7.18. The lowest BCUT2D eigenvalue weighted by atomic mass is 10.0. The molecule has 1 aliphatic heterocycles. The van der Waals surface area contributed by atoms with E-state index in [0.29, 0.717) is 13.1 Å². The minimum atomic E-state index is -4.51. The zero-order valence-electron chi connectivity index (χ0n) is 11.2. The van der Waals surface area contributed by atoms with Crippen LogP contribution < -0.4 is 5.32 Å². The molecule has 0 bridgehead atoms. The summed E-state index contributed by atoms with van der Waals surface area (Å²) >= 11 is 8.93. The number of phenols is 1. The summed E-state index contributed by atoms with van der Waals surface area (Å²) in [5.41, 5.74) is -0.296. The standard InChI is InChI=1S/C12H13BrClF3N2O.2ClH/c13-7-1-2-8(14)9(10(7)20)11(12(15,16)17)19-5-3-18-4-6-19;;/h1-2,11,18,20H,3-6H2;2*1H/t11-;;/m1../s1. The van der Waals surface area contributed by atoms with Crippen molar-refractivity contribution in [3.8, 4) is 5.75 Å². The first-order valence-electron chi connectivity index (χ1n) is 6.00. The molecule has 0 radical (unpaired) electrons. The van der Waals surface area contributed by atoms with Crippen molar-refractivity contribution in [2.75, 3.05) is 26.2 Å². The number of phenolic OH excluding ortho intramolecular Hbond substituents is 1. The first-order chi connectivity index (χ1) is 9.32. The van der Waals surface area contributed by atoms with Gasteiger partial charge in [-0.05, 0) is 28.1 Å². The van der Waals surface area contributed by atoms with Crippen LogP contribution in [0.5, 0.6) is 5.75 Å². The van der Waals surface area contributed by atoms with Gasteiger partial charge in [0, 0.05) is 36.8 Å². The van der Waals surface area contributed by atoms with Gasteiger partial charge in [0.05, 0.1) is 4.47 Å². The smallest absolute Gasteiger partial charge is 0.408 e. The highest BCUT2D eigenvalue weighted by Crippen LogP contribution is 2.46. The number of halogens is 7. The normalized spacial score (nSPS) is 17.3. The molecule has 0 aromatic heterocycles. The SMILES string of the molecule is Cl.Cl.Oc1c(Br)ccc(Cl)c1[C@@H](N1CCNCC1)C(F)(F)F. The quantitative estimate of drug-likeness (QED) is 0.716. The Kier molecular flexibility index (Phi) is 8.83. The maximum absolute atomic E-state index is 13.4. The molecule has 1 aromatic carbocycles. The third kappa shape index (κ3) is 4.79. The summed E-state index contributed by atoms with van der Waals surface area (Å²) in [5, 5.41) is 12.9. The number of aromatic hydroxyl groups is 1. The number of piperazine rings is 1. The monoisotopic (exact) mass is 444 g/mol. The maximum Gasteiger partial charge on any atom is 0.408 e. The Morgan fingerprint density at radius 3 is 2.27 bits per heavy atom. The Bertz CT molecular complexity index is 499. The van der Waals surface area contributed by atoms with Crippen LogP contribution in [0.1, 0.15) is 11.6 Å². The third-order valence-corrected chi connectivity index (χ3v) is 4.18. The van der Waals surface area contributed by atoms with Crippen LogP contribution in [0.3, 0.4) is 0 Å². The van der Waals surface area contributed by atoms with Gasteiger partial charge in [0.2, 0.25) is 0 Å². The van der Waals surface area contributed by atoms with Gasteiger partial charge in [-0.2, -0.15) is 13.2 Å². The largest absolute Gasteiger partial charge is 0.506 e. The van der Waals surface area contributed by atoms with E-state index in [1.54, 1.807) is 0 Å². The lowest BCUT2D eigenvalue weighted by Gasteiger charge is -2.36. The van der Waals surface area contributed by atoms with E-state index < -0.39 is 18.0 Å². The highest BCUT2D eigenvalue weighted by atomic mass is 79.9. The summed E-state index contributed by atoms with van der Waals surface area (Å²) in [5.74, 6) is -0.460. The Hall–Kier alpha value is 0.0800. The molecule has 0 amide bonds. The van der Waals surface area contributed by atoms with Gasteiger partial charge >= 0.3 is 6.18 Å². The molecule has 2 rings (SSSR count). The Morgan fingerprint density at radius 1 is 1.23 bits per heavy atom. The summed E-state index contributed by atoms with van der Waals surface area (Å²) in [6, 6.07) is 0.864. The summed E-state index contributed by atoms with van der Waals surface area (Å²) in [7, 11) is 0. The highest BCUT2D eigenvalue weighted by molar-refractivity contribution is 9.10. The van der Waals surface area contributed by atoms with Crippen molar-refractivity contribution in [3.63, 3.8) is 0 Å². The molecule has 2 N–H and O–H groups in total. The molecule has 10 heteroatoms. The van der Waals surface area contributed by atoms with E-state index >= 15 is 0 Å². The Balaban J connectivity index is 0.00000220. The minimum absolute atomic E-state index is 0. The van der Waals surface area contributed by atoms with Gasteiger partial charge in [0.1, 0.15) is 11.8 Å². The molecule has 22 heavy (non-hydrogen) atoms. The van der Waals surface area contributed by atoms with Gasteiger partial charge in [-0.25, -0.2) is 0 Å². The fourth-order valence-electron chi connectivity index (χ4n) is 2.31. The summed E-state index contributed by atoms with van der Waals surface area (Å²) in [6.45, 7) is 1.43. The van der Waals surface area contributed by atoms with Crippen LogP contribution in [-0.2, 0) is 0 Å². The van der Waals surface area contributed by atoms with Crippen molar-refractivity contribution in [1.29, 1.82) is 0 Å². The molecular formula is C12H15BrCl3F3N2O. The van der Waals surface area contributed by atoms with Crippen LogP contribution in [0, 0.1) is 0 Å². The number of hydrogen-bond acceptors (Lipinski definition) is 3.